The minimum atomic E-state index is -0.0637. The molecule has 0 aliphatic carbocycles. The standard InChI is InChI=1S/C24H21NO4S/c1-14-10-16(13-21(28-2)23(14)29-3)19(26)11-15-8-9-17(20(27)12-15)24-25-18-6-4-5-7-22(18)30-24/h4-10,12-13,27H,11H2,1-3H3. The summed E-state index contributed by atoms with van der Waals surface area (Å²) in [6, 6.07) is 16.6. The number of nitrogens with zero attached hydrogens (tertiary/aromatic N) is 1. The normalized spacial score (nSPS) is 10.9. The lowest BCUT2D eigenvalue weighted by atomic mass is 9.99. The number of phenolic OH excluding ortho intramolecular Hbond substituents is 1. The number of thiazole rings is 1. The van der Waals surface area contributed by atoms with Crippen LogP contribution in [0.25, 0.3) is 20.8 Å². The summed E-state index contributed by atoms with van der Waals surface area (Å²) in [6.07, 6.45) is 0.169. The molecule has 5 nitrogen and oxygen atoms in total. The molecule has 4 aromatic rings. The fourth-order valence-corrected chi connectivity index (χ4v) is 4.46. The van der Waals surface area contributed by atoms with Crippen molar-refractivity contribution in [3.05, 3.63) is 71.3 Å². The highest BCUT2D eigenvalue weighted by molar-refractivity contribution is 7.21. The van der Waals surface area contributed by atoms with Gasteiger partial charge in [-0.25, -0.2) is 4.98 Å². The highest BCUT2D eigenvalue weighted by atomic mass is 32.1. The fraction of sp³-hybridized carbons (Fsp3) is 0.167. The Morgan fingerprint density at radius 1 is 1.07 bits per heavy atom. The van der Waals surface area contributed by atoms with Crippen molar-refractivity contribution in [2.45, 2.75) is 13.3 Å². The molecule has 0 saturated carbocycles. The Morgan fingerprint density at radius 3 is 2.57 bits per heavy atom. The number of hydrogen-bond acceptors (Lipinski definition) is 6. The van der Waals surface area contributed by atoms with Crippen LogP contribution in [-0.2, 0) is 6.42 Å². The minimum absolute atomic E-state index is 0.0637. The van der Waals surface area contributed by atoms with Crippen LogP contribution in [-0.4, -0.2) is 30.1 Å². The summed E-state index contributed by atoms with van der Waals surface area (Å²) in [5, 5.41) is 11.3. The zero-order chi connectivity index (χ0) is 21.3. The lowest BCUT2D eigenvalue weighted by Crippen LogP contribution is -2.05. The molecule has 0 unspecified atom stereocenters. The van der Waals surface area contributed by atoms with Crippen molar-refractivity contribution in [3.8, 4) is 27.8 Å². The quantitative estimate of drug-likeness (QED) is 0.423. The molecule has 0 aliphatic rings. The van der Waals surface area contributed by atoms with Gasteiger partial charge in [-0.15, -0.1) is 11.3 Å². The number of phenols is 1. The first-order valence-corrected chi connectivity index (χ1v) is 10.3. The van der Waals surface area contributed by atoms with Gasteiger partial charge in [0.2, 0.25) is 0 Å². The Balaban J connectivity index is 1.59. The fourth-order valence-electron chi connectivity index (χ4n) is 3.46. The number of benzene rings is 3. The van der Waals surface area contributed by atoms with E-state index < -0.39 is 0 Å². The van der Waals surface area contributed by atoms with E-state index in [1.165, 1.54) is 11.3 Å². The highest BCUT2D eigenvalue weighted by Crippen LogP contribution is 2.36. The number of carbonyl (C=O) groups is 1. The zero-order valence-electron chi connectivity index (χ0n) is 16.9. The lowest BCUT2D eigenvalue weighted by Gasteiger charge is -2.12. The van der Waals surface area contributed by atoms with Crippen molar-refractivity contribution < 1.29 is 19.4 Å². The monoisotopic (exact) mass is 419 g/mol. The van der Waals surface area contributed by atoms with Crippen LogP contribution in [0, 0.1) is 6.92 Å². The van der Waals surface area contributed by atoms with Crippen LogP contribution < -0.4 is 9.47 Å². The number of rotatable bonds is 6. The molecule has 4 rings (SSSR count). The van der Waals surface area contributed by atoms with Crippen molar-refractivity contribution >= 4 is 27.3 Å². The minimum Gasteiger partial charge on any atom is -0.507 e. The molecule has 1 aromatic heterocycles. The predicted molar refractivity (Wildman–Crippen MR) is 119 cm³/mol. The van der Waals surface area contributed by atoms with Crippen LogP contribution in [0.4, 0.5) is 0 Å². The molecule has 0 atom stereocenters. The number of Topliss-reactive ketones (excluding diaryl/α,β-unsaturated/α-hetero) is 1. The number of methoxy groups -OCH3 is 2. The number of aryl methyl sites for hydroxylation is 1. The Labute approximate surface area is 178 Å². The van der Waals surface area contributed by atoms with Crippen LogP contribution in [0.15, 0.2) is 54.6 Å². The summed E-state index contributed by atoms with van der Waals surface area (Å²) in [4.78, 5) is 17.4. The Kier molecular flexibility index (Phi) is 5.42. The van der Waals surface area contributed by atoms with E-state index in [1.54, 1.807) is 32.4 Å². The third-order valence-electron chi connectivity index (χ3n) is 4.94. The topological polar surface area (TPSA) is 68.7 Å². The van der Waals surface area contributed by atoms with Gasteiger partial charge in [-0.3, -0.25) is 4.79 Å². The van der Waals surface area contributed by atoms with Gasteiger partial charge in [0, 0.05) is 12.0 Å². The van der Waals surface area contributed by atoms with E-state index in [0.29, 0.717) is 22.6 Å². The molecule has 0 spiro atoms. The van der Waals surface area contributed by atoms with Crippen LogP contribution in [0.1, 0.15) is 21.5 Å². The second kappa shape index (κ2) is 8.16. The Hall–Kier alpha value is -3.38. The maximum absolute atomic E-state index is 12.8. The van der Waals surface area contributed by atoms with E-state index in [4.69, 9.17) is 9.47 Å². The van der Waals surface area contributed by atoms with Crippen LogP contribution in [0.5, 0.6) is 17.2 Å². The summed E-state index contributed by atoms with van der Waals surface area (Å²) in [6.45, 7) is 1.87. The first-order chi connectivity index (χ1) is 14.5. The molecule has 0 amide bonds. The molecule has 30 heavy (non-hydrogen) atoms. The van der Waals surface area contributed by atoms with Gasteiger partial charge in [-0.1, -0.05) is 18.2 Å². The van der Waals surface area contributed by atoms with Crippen LogP contribution >= 0.6 is 11.3 Å². The SMILES string of the molecule is COc1cc(C(=O)Cc2ccc(-c3nc4ccccc4s3)c(O)c2)cc(C)c1OC. The van der Waals surface area contributed by atoms with Crippen molar-refractivity contribution in [3.63, 3.8) is 0 Å². The molecule has 0 aliphatic heterocycles. The van der Waals surface area contributed by atoms with Crippen molar-refractivity contribution in [2.75, 3.05) is 14.2 Å². The third-order valence-corrected chi connectivity index (χ3v) is 6.01. The van der Waals surface area contributed by atoms with Gasteiger partial charge in [-0.2, -0.15) is 0 Å². The number of ketones is 1. The maximum atomic E-state index is 12.8. The van der Waals surface area contributed by atoms with E-state index in [2.05, 4.69) is 4.98 Å². The van der Waals surface area contributed by atoms with E-state index in [1.807, 2.05) is 43.3 Å². The molecular formula is C24H21NO4S. The molecule has 6 heteroatoms. The third kappa shape index (κ3) is 3.74. The first kappa shape index (κ1) is 19.9. The zero-order valence-corrected chi connectivity index (χ0v) is 17.7. The predicted octanol–water partition coefficient (Wildman–Crippen LogP) is 5.42. The first-order valence-electron chi connectivity index (χ1n) is 9.44. The van der Waals surface area contributed by atoms with Gasteiger partial charge >= 0.3 is 0 Å². The number of fused-ring (bicyclic) bond motifs is 1. The maximum Gasteiger partial charge on any atom is 0.167 e. The number of aromatic nitrogens is 1. The summed E-state index contributed by atoms with van der Waals surface area (Å²) < 4.78 is 11.7. The molecule has 3 aromatic carbocycles. The summed E-state index contributed by atoms with van der Waals surface area (Å²) >= 11 is 1.53. The Morgan fingerprint density at radius 2 is 1.87 bits per heavy atom. The number of carbonyl (C=O) groups excluding carboxylic acids is 1. The summed E-state index contributed by atoms with van der Waals surface area (Å²) in [7, 11) is 3.12. The Bertz CT molecular complexity index is 1210. The molecule has 152 valence electrons. The highest BCUT2D eigenvalue weighted by Gasteiger charge is 2.16. The van der Waals surface area contributed by atoms with Crippen molar-refractivity contribution in [1.82, 2.24) is 4.98 Å². The van der Waals surface area contributed by atoms with Gasteiger partial charge in [-0.05, 0) is 54.4 Å². The number of ether oxygens (including phenoxy) is 2. The average Bonchev–Trinajstić information content (AvgIpc) is 3.17. The summed E-state index contributed by atoms with van der Waals surface area (Å²) in [5.41, 5.74) is 3.67. The number of hydrogen-bond donors (Lipinski definition) is 1. The molecule has 0 saturated heterocycles. The smallest absolute Gasteiger partial charge is 0.167 e. The van der Waals surface area contributed by atoms with Crippen LogP contribution in [0.3, 0.4) is 0 Å². The van der Waals surface area contributed by atoms with E-state index >= 15 is 0 Å². The van der Waals surface area contributed by atoms with E-state index in [0.717, 1.165) is 26.4 Å². The van der Waals surface area contributed by atoms with Gasteiger partial charge in [0.25, 0.3) is 0 Å². The molecule has 0 bridgehead atoms. The molecule has 0 radical (unpaired) electrons. The van der Waals surface area contributed by atoms with Gasteiger partial charge in [0.05, 0.1) is 30.0 Å². The molecular weight excluding hydrogens is 398 g/mol. The largest absolute Gasteiger partial charge is 0.507 e. The van der Waals surface area contributed by atoms with E-state index in [9.17, 15) is 9.90 Å². The molecule has 1 N–H and O–H groups in total. The average molecular weight is 420 g/mol. The summed E-state index contributed by atoms with van der Waals surface area (Å²) in [5.74, 6) is 1.19. The van der Waals surface area contributed by atoms with E-state index in [-0.39, 0.29) is 18.0 Å². The van der Waals surface area contributed by atoms with Crippen LogP contribution in [0.2, 0.25) is 0 Å². The molecule has 1 heterocycles. The second-order valence-corrected chi connectivity index (χ2v) is 8.00. The molecule has 0 fully saturated rings. The second-order valence-electron chi connectivity index (χ2n) is 6.97. The number of aromatic hydroxyl groups is 1. The lowest BCUT2D eigenvalue weighted by molar-refractivity contribution is 0.0992. The van der Waals surface area contributed by atoms with Gasteiger partial charge in [0.1, 0.15) is 10.8 Å². The van der Waals surface area contributed by atoms with Gasteiger partial charge in [0.15, 0.2) is 17.3 Å². The van der Waals surface area contributed by atoms with Gasteiger partial charge < -0.3 is 14.6 Å². The number of para-hydroxylation sites is 1. The van der Waals surface area contributed by atoms with Crippen molar-refractivity contribution in [2.24, 2.45) is 0 Å². The van der Waals surface area contributed by atoms with Crippen molar-refractivity contribution in [1.29, 1.82) is 0 Å².